The Morgan fingerprint density at radius 1 is 1.29 bits per heavy atom. The van der Waals surface area contributed by atoms with Crippen molar-refractivity contribution in [1.29, 1.82) is 0 Å². The predicted octanol–water partition coefficient (Wildman–Crippen LogP) is 2.52. The summed E-state index contributed by atoms with van der Waals surface area (Å²) in [6.07, 6.45) is 1.53. The molecule has 0 aromatic carbocycles. The van der Waals surface area contributed by atoms with Crippen LogP contribution in [0.5, 0.6) is 5.88 Å². The number of nitrogens with zero attached hydrogens (tertiary/aromatic N) is 2. The Hall–Kier alpha value is -1.99. The van der Waals surface area contributed by atoms with E-state index in [1.807, 2.05) is 0 Å². The Morgan fingerprint density at radius 3 is 2.81 bits per heavy atom. The van der Waals surface area contributed by atoms with E-state index < -0.39 is 0 Å². The smallest absolute Gasteiger partial charge is 0.274 e. The summed E-state index contributed by atoms with van der Waals surface area (Å²) in [5, 5.41) is 2.71. The molecule has 110 valence electrons. The Labute approximate surface area is 130 Å². The van der Waals surface area contributed by atoms with Gasteiger partial charge in [-0.3, -0.25) is 4.79 Å². The van der Waals surface area contributed by atoms with Gasteiger partial charge < -0.3 is 14.8 Å². The SMILES string of the molecule is COCCOc1ccc(NC(=O)c2cccc(Br)n2)cn1. The molecule has 0 fully saturated rings. The normalized spacial score (nSPS) is 10.2. The lowest BCUT2D eigenvalue weighted by molar-refractivity contribution is 0.102. The van der Waals surface area contributed by atoms with Crippen molar-refractivity contribution in [3.8, 4) is 5.88 Å². The van der Waals surface area contributed by atoms with Crippen LogP contribution in [0.15, 0.2) is 41.1 Å². The largest absolute Gasteiger partial charge is 0.475 e. The molecule has 21 heavy (non-hydrogen) atoms. The highest BCUT2D eigenvalue weighted by Gasteiger charge is 2.08. The number of pyridine rings is 2. The zero-order valence-corrected chi connectivity index (χ0v) is 13.0. The van der Waals surface area contributed by atoms with E-state index >= 15 is 0 Å². The van der Waals surface area contributed by atoms with Crippen LogP contribution in [0.3, 0.4) is 0 Å². The Balaban J connectivity index is 1.95. The Morgan fingerprint density at radius 2 is 2.14 bits per heavy atom. The van der Waals surface area contributed by atoms with Gasteiger partial charge in [-0.25, -0.2) is 9.97 Å². The molecule has 2 aromatic rings. The van der Waals surface area contributed by atoms with Gasteiger partial charge in [0.1, 0.15) is 16.9 Å². The standard InChI is InChI=1S/C14H14BrN3O3/c1-20-7-8-21-13-6-5-10(9-16-13)17-14(19)11-3-2-4-12(15)18-11/h2-6,9H,7-8H2,1H3,(H,17,19). The number of nitrogens with one attached hydrogen (secondary N) is 1. The molecule has 1 amide bonds. The number of amides is 1. The van der Waals surface area contributed by atoms with Crippen LogP contribution in [0, 0.1) is 0 Å². The Kier molecular flexibility index (Phi) is 5.65. The lowest BCUT2D eigenvalue weighted by Crippen LogP contribution is -2.14. The van der Waals surface area contributed by atoms with E-state index in [9.17, 15) is 4.79 Å². The van der Waals surface area contributed by atoms with Crippen molar-refractivity contribution in [3.05, 3.63) is 46.8 Å². The van der Waals surface area contributed by atoms with Crippen LogP contribution >= 0.6 is 15.9 Å². The third-order valence-corrected chi connectivity index (χ3v) is 2.92. The van der Waals surface area contributed by atoms with E-state index in [1.165, 1.54) is 6.20 Å². The maximum atomic E-state index is 12.0. The monoisotopic (exact) mass is 351 g/mol. The van der Waals surface area contributed by atoms with Gasteiger partial charge in [-0.1, -0.05) is 6.07 Å². The quantitative estimate of drug-likeness (QED) is 0.639. The number of halogens is 1. The van der Waals surface area contributed by atoms with Crippen LogP contribution in [-0.4, -0.2) is 36.2 Å². The summed E-state index contributed by atoms with van der Waals surface area (Å²) >= 11 is 3.23. The van der Waals surface area contributed by atoms with Crippen LogP contribution in [-0.2, 0) is 4.74 Å². The summed E-state index contributed by atoms with van der Waals surface area (Å²) in [6, 6.07) is 8.53. The first-order valence-corrected chi connectivity index (χ1v) is 7.00. The van der Waals surface area contributed by atoms with Crippen LogP contribution in [0.2, 0.25) is 0 Å². The van der Waals surface area contributed by atoms with Crippen molar-refractivity contribution in [1.82, 2.24) is 9.97 Å². The van der Waals surface area contributed by atoms with Crippen molar-refractivity contribution in [3.63, 3.8) is 0 Å². The van der Waals surface area contributed by atoms with Crippen LogP contribution in [0.1, 0.15) is 10.5 Å². The summed E-state index contributed by atoms with van der Waals surface area (Å²) in [5.41, 5.74) is 0.894. The summed E-state index contributed by atoms with van der Waals surface area (Å²) in [4.78, 5) is 20.2. The van der Waals surface area contributed by atoms with Crippen molar-refractivity contribution in [2.45, 2.75) is 0 Å². The van der Waals surface area contributed by atoms with E-state index in [-0.39, 0.29) is 5.91 Å². The number of rotatable bonds is 6. The summed E-state index contributed by atoms with van der Waals surface area (Å²) < 4.78 is 10.8. The lowest BCUT2D eigenvalue weighted by Gasteiger charge is -2.07. The summed E-state index contributed by atoms with van der Waals surface area (Å²) in [7, 11) is 1.60. The third-order valence-electron chi connectivity index (χ3n) is 2.48. The molecule has 0 saturated carbocycles. The van der Waals surface area contributed by atoms with E-state index in [0.29, 0.717) is 35.1 Å². The molecule has 0 bridgehead atoms. The maximum absolute atomic E-state index is 12.0. The number of aromatic nitrogens is 2. The van der Waals surface area contributed by atoms with Crippen molar-refractivity contribution < 1.29 is 14.3 Å². The number of carbonyl (C=O) groups excluding carboxylic acids is 1. The highest BCUT2D eigenvalue weighted by atomic mass is 79.9. The molecule has 2 aromatic heterocycles. The molecule has 7 heteroatoms. The zero-order chi connectivity index (χ0) is 15.1. The average Bonchev–Trinajstić information content (AvgIpc) is 2.49. The molecule has 0 radical (unpaired) electrons. The summed E-state index contributed by atoms with van der Waals surface area (Å²) in [6.45, 7) is 0.923. The molecule has 0 spiro atoms. The molecule has 0 aliphatic rings. The van der Waals surface area contributed by atoms with Gasteiger partial charge in [0.2, 0.25) is 5.88 Å². The first-order valence-electron chi connectivity index (χ1n) is 6.21. The minimum atomic E-state index is -0.300. The predicted molar refractivity (Wildman–Crippen MR) is 81.5 cm³/mol. The van der Waals surface area contributed by atoms with Gasteiger partial charge in [0, 0.05) is 13.2 Å². The van der Waals surface area contributed by atoms with Crippen LogP contribution < -0.4 is 10.1 Å². The number of anilines is 1. The highest BCUT2D eigenvalue weighted by molar-refractivity contribution is 9.10. The first-order chi connectivity index (χ1) is 10.2. The molecule has 0 saturated heterocycles. The van der Waals surface area contributed by atoms with E-state index in [4.69, 9.17) is 9.47 Å². The molecule has 2 heterocycles. The van der Waals surface area contributed by atoms with Crippen molar-refractivity contribution in [2.75, 3.05) is 25.6 Å². The molecule has 1 N–H and O–H groups in total. The van der Waals surface area contributed by atoms with Gasteiger partial charge in [-0.15, -0.1) is 0 Å². The first kappa shape index (κ1) is 15.4. The van der Waals surface area contributed by atoms with E-state index in [0.717, 1.165) is 0 Å². The van der Waals surface area contributed by atoms with Gasteiger partial charge in [0.25, 0.3) is 5.91 Å². The van der Waals surface area contributed by atoms with Crippen molar-refractivity contribution >= 4 is 27.5 Å². The number of methoxy groups -OCH3 is 1. The average molecular weight is 352 g/mol. The van der Waals surface area contributed by atoms with Gasteiger partial charge in [-0.05, 0) is 34.1 Å². The summed E-state index contributed by atoms with van der Waals surface area (Å²) in [5.74, 6) is 0.178. The van der Waals surface area contributed by atoms with Gasteiger partial charge >= 0.3 is 0 Å². The molecule has 0 aliphatic heterocycles. The minimum absolute atomic E-state index is 0.300. The molecule has 2 rings (SSSR count). The van der Waals surface area contributed by atoms with Gasteiger partial charge in [-0.2, -0.15) is 0 Å². The second-order valence-electron chi connectivity index (χ2n) is 4.03. The van der Waals surface area contributed by atoms with Crippen LogP contribution in [0.25, 0.3) is 0 Å². The minimum Gasteiger partial charge on any atom is -0.475 e. The molecular formula is C14H14BrN3O3. The maximum Gasteiger partial charge on any atom is 0.274 e. The molecular weight excluding hydrogens is 338 g/mol. The van der Waals surface area contributed by atoms with E-state index in [1.54, 1.807) is 37.4 Å². The number of hydrogen-bond acceptors (Lipinski definition) is 5. The topological polar surface area (TPSA) is 73.3 Å². The fraction of sp³-hybridized carbons (Fsp3) is 0.214. The van der Waals surface area contributed by atoms with Crippen LogP contribution in [0.4, 0.5) is 5.69 Å². The second-order valence-corrected chi connectivity index (χ2v) is 4.84. The van der Waals surface area contributed by atoms with Gasteiger partial charge in [0.15, 0.2) is 0 Å². The molecule has 0 unspecified atom stereocenters. The molecule has 0 aliphatic carbocycles. The van der Waals surface area contributed by atoms with E-state index in [2.05, 4.69) is 31.2 Å². The lowest BCUT2D eigenvalue weighted by atomic mass is 10.3. The number of ether oxygens (including phenoxy) is 2. The number of carbonyl (C=O) groups is 1. The van der Waals surface area contributed by atoms with Gasteiger partial charge in [0.05, 0.1) is 18.5 Å². The zero-order valence-electron chi connectivity index (χ0n) is 11.4. The molecule has 0 atom stereocenters. The number of hydrogen-bond donors (Lipinski definition) is 1. The fourth-order valence-electron chi connectivity index (χ4n) is 1.50. The fourth-order valence-corrected chi connectivity index (χ4v) is 1.84. The van der Waals surface area contributed by atoms with Crippen molar-refractivity contribution in [2.24, 2.45) is 0 Å². The highest BCUT2D eigenvalue weighted by Crippen LogP contribution is 2.13. The Bertz CT molecular complexity index is 605. The molecule has 6 nitrogen and oxygen atoms in total. The second kappa shape index (κ2) is 7.70. The third kappa shape index (κ3) is 4.80.